The van der Waals surface area contributed by atoms with Crippen LogP contribution in [0.2, 0.25) is 0 Å². The van der Waals surface area contributed by atoms with E-state index in [4.69, 9.17) is 4.74 Å². The van der Waals surface area contributed by atoms with Gasteiger partial charge in [-0.15, -0.1) is 0 Å². The number of fused-ring (bicyclic) bond motifs is 3. The van der Waals surface area contributed by atoms with Gasteiger partial charge in [-0.3, -0.25) is 4.79 Å². The van der Waals surface area contributed by atoms with Crippen LogP contribution in [0.5, 0.6) is 0 Å². The van der Waals surface area contributed by atoms with E-state index in [0.29, 0.717) is 24.2 Å². The van der Waals surface area contributed by atoms with E-state index in [9.17, 15) is 15.0 Å². The lowest BCUT2D eigenvalue weighted by Gasteiger charge is -2.63. The van der Waals surface area contributed by atoms with Gasteiger partial charge in [-0.05, 0) is 80.5 Å². The number of methoxy groups -OCH3 is 1. The second-order valence-corrected chi connectivity index (χ2v) is 9.78. The lowest BCUT2D eigenvalue weighted by molar-refractivity contribution is -0.192. The third-order valence-corrected chi connectivity index (χ3v) is 8.61. The van der Waals surface area contributed by atoms with Crippen LogP contribution in [-0.2, 0) is 9.53 Å². The van der Waals surface area contributed by atoms with Gasteiger partial charge in [0.2, 0.25) is 0 Å². The Balaban J connectivity index is 1.90. The SMILES string of the molecule is COC(=O)[C@]1(C)CCC[C@@]2(C)[C@H]1CC[C@H]1[C@H](O)[C@@](C)(CCO)CC[C@@H]12. The molecule has 0 spiro atoms. The van der Waals surface area contributed by atoms with E-state index in [1.165, 1.54) is 7.11 Å². The van der Waals surface area contributed by atoms with Gasteiger partial charge in [0.15, 0.2) is 0 Å². The van der Waals surface area contributed by atoms with E-state index in [-0.39, 0.29) is 34.9 Å². The minimum Gasteiger partial charge on any atom is -0.469 e. The summed E-state index contributed by atoms with van der Waals surface area (Å²) in [7, 11) is 1.51. The summed E-state index contributed by atoms with van der Waals surface area (Å²) in [6.45, 7) is 6.76. The molecule has 3 rings (SSSR count). The first-order valence-corrected chi connectivity index (χ1v) is 10.1. The summed E-state index contributed by atoms with van der Waals surface area (Å²) in [5, 5.41) is 20.6. The Morgan fingerprint density at radius 1 is 1.12 bits per heavy atom. The molecule has 0 aromatic carbocycles. The monoisotopic (exact) mass is 352 g/mol. The maximum atomic E-state index is 12.6. The van der Waals surface area contributed by atoms with Crippen molar-refractivity contribution in [2.24, 2.45) is 34.0 Å². The first-order valence-electron chi connectivity index (χ1n) is 10.1. The van der Waals surface area contributed by atoms with Gasteiger partial charge in [-0.25, -0.2) is 0 Å². The first-order chi connectivity index (χ1) is 11.7. The highest BCUT2D eigenvalue weighted by Gasteiger charge is 2.62. The Hall–Kier alpha value is -0.610. The summed E-state index contributed by atoms with van der Waals surface area (Å²) in [4.78, 5) is 12.6. The number of aliphatic hydroxyl groups excluding tert-OH is 2. The second kappa shape index (κ2) is 6.53. The maximum Gasteiger partial charge on any atom is 0.311 e. The van der Waals surface area contributed by atoms with Crippen LogP contribution in [0.3, 0.4) is 0 Å². The van der Waals surface area contributed by atoms with Crippen LogP contribution in [-0.4, -0.2) is 36.0 Å². The Kier molecular flexibility index (Phi) is 5.00. The Labute approximate surface area is 152 Å². The molecule has 3 fully saturated rings. The zero-order chi connectivity index (χ0) is 18.5. The van der Waals surface area contributed by atoms with Crippen LogP contribution < -0.4 is 0 Å². The van der Waals surface area contributed by atoms with Crippen LogP contribution in [0.25, 0.3) is 0 Å². The van der Waals surface area contributed by atoms with E-state index < -0.39 is 0 Å². The van der Waals surface area contributed by atoms with Crippen LogP contribution in [0.4, 0.5) is 0 Å². The molecule has 0 amide bonds. The second-order valence-electron chi connectivity index (χ2n) is 9.78. The quantitative estimate of drug-likeness (QED) is 0.763. The van der Waals surface area contributed by atoms with Crippen molar-refractivity contribution < 1.29 is 19.7 Å². The molecule has 0 aromatic heterocycles. The average molecular weight is 353 g/mol. The van der Waals surface area contributed by atoms with Gasteiger partial charge < -0.3 is 14.9 Å². The molecule has 0 bridgehead atoms. The number of esters is 1. The van der Waals surface area contributed by atoms with Gasteiger partial charge >= 0.3 is 5.97 Å². The number of carbonyl (C=O) groups is 1. The number of aliphatic hydroxyl groups is 2. The topological polar surface area (TPSA) is 66.8 Å². The highest BCUT2D eigenvalue weighted by Crippen LogP contribution is 2.65. The van der Waals surface area contributed by atoms with E-state index in [1.54, 1.807) is 0 Å². The molecule has 4 heteroatoms. The van der Waals surface area contributed by atoms with Crippen molar-refractivity contribution in [3.05, 3.63) is 0 Å². The van der Waals surface area contributed by atoms with E-state index in [2.05, 4.69) is 20.8 Å². The minimum atomic E-state index is -0.385. The van der Waals surface area contributed by atoms with E-state index in [0.717, 1.165) is 44.9 Å². The van der Waals surface area contributed by atoms with Crippen molar-refractivity contribution in [2.75, 3.05) is 13.7 Å². The zero-order valence-electron chi connectivity index (χ0n) is 16.4. The highest BCUT2D eigenvalue weighted by molar-refractivity contribution is 5.77. The molecule has 3 aliphatic rings. The fourth-order valence-electron chi connectivity index (χ4n) is 7.13. The van der Waals surface area contributed by atoms with Crippen LogP contribution in [0, 0.1) is 34.0 Å². The average Bonchev–Trinajstić information content (AvgIpc) is 2.57. The van der Waals surface area contributed by atoms with E-state index in [1.807, 2.05) is 0 Å². The maximum absolute atomic E-state index is 12.6. The molecule has 0 radical (unpaired) electrons. The summed E-state index contributed by atoms with van der Waals surface area (Å²) < 4.78 is 5.19. The van der Waals surface area contributed by atoms with Gasteiger partial charge in [-0.1, -0.05) is 20.3 Å². The van der Waals surface area contributed by atoms with Gasteiger partial charge in [-0.2, -0.15) is 0 Å². The van der Waals surface area contributed by atoms with Gasteiger partial charge in [0.05, 0.1) is 18.6 Å². The third-order valence-electron chi connectivity index (χ3n) is 8.61. The number of ether oxygens (including phenoxy) is 1. The summed E-state index contributed by atoms with van der Waals surface area (Å²) in [5.41, 5.74) is -0.450. The molecule has 0 unspecified atom stereocenters. The number of rotatable bonds is 3. The summed E-state index contributed by atoms with van der Waals surface area (Å²) in [5.74, 6) is 1.06. The van der Waals surface area contributed by atoms with Gasteiger partial charge in [0.25, 0.3) is 0 Å². The van der Waals surface area contributed by atoms with Gasteiger partial charge in [0.1, 0.15) is 0 Å². The number of hydrogen-bond donors (Lipinski definition) is 2. The summed E-state index contributed by atoms with van der Waals surface area (Å²) in [6, 6.07) is 0. The molecule has 144 valence electrons. The fourth-order valence-corrected chi connectivity index (χ4v) is 7.13. The predicted molar refractivity (Wildman–Crippen MR) is 96.8 cm³/mol. The molecule has 3 aliphatic carbocycles. The molecular formula is C21H36O4. The Morgan fingerprint density at radius 2 is 1.84 bits per heavy atom. The molecular weight excluding hydrogens is 316 g/mol. The molecule has 0 aromatic rings. The predicted octanol–water partition coefficient (Wildman–Crippen LogP) is 3.54. The van der Waals surface area contributed by atoms with Gasteiger partial charge in [0, 0.05) is 6.61 Å². The largest absolute Gasteiger partial charge is 0.469 e. The number of hydrogen-bond acceptors (Lipinski definition) is 4. The van der Waals surface area contributed by atoms with Crippen molar-refractivity contribution in [1.82, 2.24) is 0 Å². The Morgan fingerprint density at radius 3 is 2.48 bits per heavy atom. The van der Waals surface area contributed by atoms with Crippen molar-refractivity contribution >= 4 is 5.97 Å². The normalized spacial score (nSPS) is 49.8. The molecule has 3 saturated carbocycles. The van der Waals surface area contributed by atoms with Crippen molar-refractivity contribution in [1.29, 1.82) is 0 Å². The fraction of sp³-hybridized carbons (Fsp3) is 0.952. The third kappa shape index (κ3) is 2.75. The molecule has 2 N–H and O–H groups in total. The number of carbonyl (C=O) groups excluding carboxylic acids is 1. The Bertz CT molecular complexity index is 520. The molecule has 25 heavy (non-hydrogen) atoms. The van der Waals surface area contributed by atoms with Crippen LogP contribution in [0.1, 0.15) is 72.1 Å². The van der Waals surface area contributed by atoms with Crippen molar-refractivity contribution in [2.45, 2.75) is 78.2 Å². The molecule has 0 heterocycles. The van der Waals surface area contributed by atoms with Crippen LogP contribution >= 0.6 is 0 Å². The highest BCUT2D eigenvalue weighted by atomic mass is 16.5. The lowest BCUT2D eigenvalue weighted by Crippen LogP contribution is -2.60. The lowest BCUT2D eigenvalue weighted by atomic mass is 9.42. The molecule has 7 atom stereocenters. The minimum absolute atomic E-state index is 0.0525. The molecule has 4 nitrogen and oxygen atoms in total. The van der Waals surface area contributed by atoms with Crippen LogP contribution in [0.15, 0.2) is 0 Å². The first kappa shape index (κ1) is 19.2. The smallest absolute Gasteiger partial charge is 0.311 e. The molecule has 0 aliphatic heterocycles. The van der Waals surface area contributed by atoms with E-state index >= 15 is 0 Å². The van der Waals surface area contributed by atoms with Crippen molar-refractivity contribution in [3.63, 3.8) is 0 Å². The molecule has 0 saturated heterocycles. The summed E-state index contributed by atoms with van der Waals surface area (Å²) in [6.07, 6.45) is 7.51. The standard InChI is InChI=1S/C21H36O4/c1-19(12-13-22)11-8-15-14(17(19)23)6-7-16-20(15,2)9-5-10-21(16,3)18(24)25-4/h14-17,22-23H,5-13H2,1-4H3/t14-,15+,16-,17+,19-,20-,21-/m1/s1. The zero-order valence-corrected chi connectivity index (χ0v) is 16.4. The van der Waals surface area contributed by atoms with Crippen molar-refractivity contribution in [3.8, 4) is 0 Å². The summed E-state index contributed by atoms with van der Waals surface area (Å²) >= 11 is 0.